The van der Waals surface area contributed by atoms with Gasteiger partial charge in [0.15, 0.2) is 5.43 Å². The van der Waals surface area contributed by atoms with E-state index in [1.807, 2.05) is 13.8 Å². The molecule has 5 rings (SSSR count). The topological polar surface area (TPSA) is 59.8 Å². The Hall–Kier alpha value is -3.93. The second-order valence-electron chi connectivity index (χ2n) is 7.91. The molecule has 1 aliphatic rings. The maximum absolute atomic E-state index is 15.0. The molecule has 6 heteroatoms. The summed E-state index contributed by atoms with van der Waals surface area (Å²) in [5.74, 6) is -0.541. The molecule has 0 N–H and O–H groups in total. The number of aryl methyl sites for hydroxylation is 2. The highest BCUT2D eigenvalue weighted by molar-refractivity contribution is 6.10. The number of methoxy groups -OCH3 is 1. The van der Waals surface area contributed by atoms with Crippen LogP contribution in [0.1, 0.15) is 38.9 Å². The molecule has 1 aromatic heterocycles. The van der Waals surface area contributed by atoms with Crippen LogP contribution in [0.2, 0.25) is 0 Å². The standard InChI is InChI=1S/C26H20FNO4/c1-14-11-19-21(12-15(14)2)32-25-22(24(19)29)23(18-9-4-5-10-20(18)27)28(26(25)30)16-7-6-8-17(13-16)31-3/h4-13,23H,1-3H3. The number of carbonyl (C=O) groups is 1. The zero-order chi connectivity index (χ0) is 22.6. The number of hydrogen-bond acceptors (Lipinski definition) is 4. The Bertz CT molecular complexity index is 1460. The SMILES string of the molecule is COc1cccc(N2C(=O)c3oc4cc(C)c(C)cc4c(=O)c3C2c2ccccc2F)c1. The van der Waals surface area contributed by atoms with E-state index in [2.05, 4.69) is 0 Å². The average Bonchev–Trinajstić information content (AvgIpc) is 3.08. The molecule has 4 aromatic rings. The molecule has 5 nitrogen and oxygen atoms in total. The molecule has 1 amide bonds. The Balaban J connectivity index is 1.84. The van der Waals surface area contributed by atoms with E-state index in [-0.39, 0.29) is 22.3 Å². The summed E-state index contributed by atoms with van der Waals surface area (Å²) < 4.78 is 26.3. The first-order valence-corrected chi connectivity index (χ1v) is 10.2. The normalized spacial score (nSPS) is 15.3. The minimum atomic E-state index is -0.965. The number of fused-ring (bicyclic) bond motifs is 2. The van der Waals surface area contributed by atoms with Crippen molar-refractivity contribution < 1.29 is 18.3 Å². The smallest absolute Gasteiger partial charge is 0.295 e. The van der Waals surface area contributed by atoms with Gasteiger partial charge in [0.05, 0.1) is 24.1 Å². The number of hydrogen-bond donors (Lipinski definition) is 0. The van der Waals surface area contributed by atoms with Gasteiger partial charge in [0.2, 0.25) is 5.76 Å². The Kier molecular flexibility index (Phi) is 4.59. The molecule has 1 atom stereocenters. The van der Waals surface area contributed by atoms with Gasteiger partial charge in [0.25, 0.3) is 5.91 Å². The second-order valence-corrected chi connectivity index (χ2v) is 7.91. The van der Waals surface area contributed by atoms with Crippen LogP contribution in [0.5, 0.6) is 5.75 Å². The number of anilines is 1. The molecule has 0 aliphatic carbocycles. The number of amides is 1. The van der Waals surface area contributed by atoms with Gasteiger partial charge in [-0.25, -0.2) is 4.39 Å². The summed E-state index contributed by atoms with van der Waals surface area (Å²) in [6.45, 7) is 3.82. The highest BCUT2D eigenvalue weighted by Gasteiger charge is 2.44. The molecule has 3 aromatic carbocycles. The third-order valence-corrected chi connectivity index (χ3v) is 6.02. The van der Waals surface area contributed by atoms with Crippen molar-refractivity contribution in [1.82, 2.24) is 0 Å². The van der Waals surface area contributed by atoms with Gasteiger partial charge < -0.3 is 9.15 Å². The largest absolute Gasteiger partial charge is 0.497 e. The van der Waals surface area contributed by atoms with E-state index in [4.69, 9.17) is 9.15 Å². The molecule has 32 heavy (non-hydrogen) atoms. The van der Waals surface area contributed by atoms with Crippen molar-refractivity contribution in [2.45, 2.75) is 19.9 Å². The first kappa shape index (κ1) is 20.0. The molecule has 160 valence electrons. The quantitative estimate of drug-likeness (QED) is 0.443. The van der Waals surface area contributed by atoms with Crippen LogP contribution in [0.3, 0.4) is 0 Å². The molecule has 0 saturated carbocycles. The van der Waals surface area contributed by atoms with Crippen molar-refractivity contribution in [2.75, 3.05) is 12.0 Å². The Labute approximate surface area is 183 Å². The molecule has 0 spiro atoms. The van der Waals surface area contributed by atoms with Gasteiger partial charge in [-0.15, -0.1) is 0 Å². The van der Waals surface area contributed by atoms with Crippen LogP contribution in [-0.4, -0.2) is 13.0 Å². The first-order valence-electron chi connectivity index (χ1n) is 10.2. The van der Waals surface area contributed by atoms with E-state index in [1.165, 1.54) is 18.1 Å². The summed E-state index contributed by atoms with van der Waals surface area (Å²) >= 11 is 0. The van der Waals surface area contributed by atoms with E-state index in [1.54, 1.807) is 54.6 Å². The van der Waals surface area contributed by atoms with E-state index >= 15 is 0 Å². The van der Waals surface area contributed by atoms with E-state index < -0.39 is 17.8 Å². The minimum Gasteiger partial charge on any atom is -0.497 e. The summed E-state index contributed by atoms with van der Waals surface area (Å²) in [6.07, 6.45) is 0. The molecule has 2 heterocycles. The number of rotatable bonds is 3. The number of ether oxygens (including phenoxy) is 1. The highest BCUT2D eigenvalue weighted by atomic mass is 19.1. The molecule has 0 bridgehead atoms. The summed E-state index contributed by atoms with van der Waals surface area (Å²) in [5, 5.41) is 0.369. The van der Waals surface area contributed by atoms with Crippen LogP contribution in [0.15, 0.2) is 69.9 Å². The molecule has 0 saturated heterocycles. The van der Waals surface area contributed by atoms with Gasteiger partial charge in [-0.3, -0.25) is 14.5 Å². The summed E-state index contributed by atoms with van der Waals surface area (Å²) in [6, 6.07) is 15.6. The van der Waals surface area contributed by atoms with Crippen LogP contribution in [0, 0.1) is 19.7 Å². The third kappa shape index (κ3) is 2.91. The van der Waals surface area contributed by atoms with Crippen molar-refractivity contribution in [2.24, 2.45) is 0 Å². The summed E-state index contributed by atoms with van der Waals surface area (Å²) in [5.41, 5.74) is 2.71. The summed E-state index contributed by atoms with van der Waals surface area (Å²) in [7, 11) is 1.52. The van der Waals surface area contributed by atoms with Crippen LogP contribution in [-0.2, 0) is 0 Å². The van der Waals surface area contributed by atoms with Gasteiger partial charge in [0, 0.05) is 17.3 Å². The van der Waals surface area contributed by atoms with Gasteiger partial charge in [-0.05, 0) is 55.3 Å². The van der Waals surface area contributed by atoms with Crippen LogP contribution in [0.25, 0.3) is 11.0 Å². The Morgan fingerprint density at radius 3 is 2.47 bits per heavy atom. The third-order valence-electron chi connectivity index (χ3n) is 6.02. The van der Waals surface area contributed by atoms with Crippen LogP contribution >= 0.6 is 0 Å². The molecular formula is C26H20FNO4. The first-order chi connectivity index (χ1) is 15.4. The summed E-state index contributed by atoms with van der Waals surface area (Å²) in [4.78, 5) is 28.6. The number of benzene rings is 3. The predicted molar refractivity (Wildman–Crippen MR) is 120 cm³/mol. The lowest BCUT2D eigenvalue weighted by Crippen LogP contribution is -2.30. The van der Waals surface area contributed by atoms with Crippen molar-refractivity contribution in [3.8, 4) is 5.75 Å². The van der Waals surface area contributed by atoms with Crippen molar-refractivity contribution >= 4 is 22.6 Å². The van der Waals surface area contributed by atoms with Gasteiger partial charge in [0.1, 0.15) is 17.1 Å². The molecule has 1 aliphatic heterocycles. The second kappa shape index (κ2) is 7.34. The van der Waals surface area contributed by atoms with Crippen molar-refractivity contribution in [1.29, 1.82) is 0 Å². The average molecular weight is 429 g/mol. The van der Waals surface area contributed by atoms with Crippen molar-refractivity contribution in [3.63, 3.8) is 0 Å². The van der Waals surface area contributed by atoms with Gasteiger partial charge in [-0.1, -0.05) is 24.3 Å². The molecule has 0 radical (unpaired) electrons. The molecular weight excluding hydrogens is 409 g/mol. The van der Waals surface area contributed by atoms with E-state index in [0.717, 1.165) is 11.1 Å². The van der Waals surface area contributed by atoms with Crippen LogP contribution < -0.4 is 15.1 Å². The van der Waals surface area contributed by atoms with Gasteiger partial charge in [-0.2, -0.15) is 0 Å². The lowest BCUT2D eigenvalue weighted by molar-refractivity contribution is 0.0970. The van der Waals surface area contributed by atoms with E-state index in [9.17, 15) is 14.0 Å². The maximum atomic E-state index is 15.0. The Morgan fingerprint density at radius 2 is 1.72 bits per heavy atom. The maximum Gasteiger partial charge on any atom is 0.295 e. The highest BCUT2D eigenvalue weighted by Crippen LogP contribution is 2.42. The zero-order valence-corrected chi connectivity index (χ0v) is 17.8. The molecule has 0 fully saturated rings. The van der Waals surface area contributed by atoms with Crippen molar-refractivity contribution in [3.05, 3.63) is 105 Å². The predicted octanol–water partition coefficient (Wildman–Crippen LogP) is 5.31. The minimum absolute atomic E-state index is 0.0678. The Morgan fingerprint density at radius 1 is 0.969 bits per heavy atom. The van der Waals surface area contributed by atoms with Gasteiger partial charge >= 0.3 is 0 Å². The fraction of sp³-hybridized carbons (Fsp3) is 0.154. The van der Waals surface area contributed by atoms with Crippen LogP contribution in [0.4, 0.5) is 10.1 Å². The zero-order valence-electron chi connectivity index (χ0n) is 17.8. The molecule has 1 unspecified atom stereocenters. The number of carbonyl (C=O) groups excluding carboxylic acids is 1. The lowest BCUT2D eigenvalue weighted by Gasteiger charge is -2.25. The monoisotopic (exact) mass is 429 g/mol. The lowest BCUT2D eigenvalue weighted by atomic mass is 9.97. The number of nitrogens with zero attached hydrogens (tertiary/aromatic N) is 1. The van der Waals surface area contributed by atoms with E-state index in [0.29, 0.717) is 22.4 Å². The fourth-order valence-electron chi connectivity index (χ4n) is 4.25. The number of halogens is 1. The fourth-order valence-corrected chi connectivity index (χ4v) is 4.25.